The van der Waals surface area contributed by atoms with Gasteiger partial charge in [0.05, 0.1) is 17.4 Å². The Bertz CT molecular complexity index is 1320. The van der Waals surface area contributed by atoms with Crippen molar-refractivity contribution in [2.45, 2.75) is 18.5 Å². The lowest BCUT2D eigenvalue weighted by Crippen LogP contribution is -2.44. The van der Waals surface area contributed by atoms with Gasteiger partial charge in [-0.3, -0.25) is 14.5 Å². The van der Waals surface area contributed by atoms with Gasteiger partial charge in [-0.1, -0.05) is 6.07 Å². The van der Waals surface area contributed by atoms with Crippen molar-refractivity contribution in [1.82, 2.24) is 30.3 Å². The lowest BCUT2D eigenvalue weighted by atomic mass is 10.0. The van der Waals surface area contributed by atoms with Crippen molar-refractivity contribution in [2.24, 2.45) is 7.05 Å². The molecule has 32 heavy (non-hydrogen) atoms. The summed E-state index contributed by atoms with van der Waals surface area (Å²) < 4.78 is 1.79. The van der Waals surface area contributed by atoms with Crippen LogP contribution in [0.2, 0.25) is 0 Å². The third-order valence-corrected chi connectivity index (χ3v) is 6.29. The molecule has 4 aromatic rings. The van der Waals surface area contributed by atoms with Crippen LogP contribution < -0.4 is 15.5 Å². The molecule has 0 spiro atoms. The fraction of sp³-hybridized carbons (Fsp3) is 0.261. The van der Waals surface area contributed by atoms with Gasteiger partial charge in [-0.15, -0.1) is 10.2 Å². The molecular formula is C23H22N8O. The van der Waals surface area contributed by atoms with Crippen LogP contribution in [0.1, 0.15) is 16.8 Å². The number of amides is 1. The number of fused-ring (bicyclic) bond motifs is 3. The van der Waals surface area contributed by atoms with E-state index in [1.165, 1.54) is 0 Å². The first-order chi connectivity index (χ1) is 15.7. The average Bonchev–Trinajstić information content (AvgIpc) is 3.56. The maximum absolute atomic E-state index is 12.9. The van der Waals surface area contributed by atoms with E-state index in [2.05, 4.69) is 41.9 Å². The zero-order chi connectivity index (χ0) is 21.7. The maximum Gasteiger partial charge on any atom is 0.257 e. The van der Waals surface area contributed by atoms with E-state index in [0.717, 1.165) is 47.2 Å². The lowest BCUT2D eigenvalue weighted by Gasteiger charge is -2.31. The molecule has 1 aromatic carbocycles. The number of rotatable bonds is 4. The third kappa shape index (κ3) is 3.18. The molecule has 0 saturated carbocycles. The standard InChI is InChI=1S/C23H22N8O/c1-30-12-16(10-26-30)15-2-3-20-19(8-15)21(31-13-17-9-18(31)11-25-17)22(29-28-20)27-23(32)14-4-6-24-7-5-14/h2-8,10,12,17-18,25H,9,11,13H2,1H3,(H,27,29,32). The zero-order valence-electron chi connectivity index (χ0n) is 17.6. The maximum atomic E-state index is 12.9. The zero-order valence-corrected chi connectivity index (χ0v) is 17.6. The molecule has 160 valence electrons. The predicted molar refractivity (Wildman–Crippen MR) is 121 cm³/mol. The van der Waals surface area contributed by atoms with Gasteiger partial charge in [0, 0.05) is 67.3 Å². The highest BCUT2D eigenvalue weighted by atomic mass is 16.1. The number of nitrogens with zero attached hydrogens (tertiary/aromatic N) is 6. The van der Waals surface area contributed by atoms with E-state index < -0.39 is 0 Å². The number of hydrogen-bond acceptors (Lipinski definition) is 7. The molecule has 2 saturated heterocycles. The average molecular weight is 426 g/mol. The molecule has 2 atom stereocenters. The summed E-state index contributed by atoms with van der Waals surface area (Å²) in [7, 11) is 1.90. The minimum atomic E-state index is -0.229. The highest BCUT2D eigenvalue weighted by Gasteiger charge is 2.39. The number of piperazine rings is 1. The Morgan fingerprint density at radius 2 is 2.03 bits per heavy atom. The lowest BCUT2D eigenvalue weighted by molar-refractivity contribution is 0.102. The van der Waals surface area contributed by atoms with Gasteiger partial charge in [-0.25, -0.2) is 0 Å². The molecule has 2 aliphatic rings. The van der Waals surface area contributed by atoms with E-state index in [4.69, 9.17) is 0 Å². The first-order valence-corrected chi connectivity index (χ1v) is 10.7. The molecule has 0 radical (unpaired) electrons. The Kier molecular flexibility index (Phi) is 4.36. The van der Waals surface area contributed by atoms with Crippen molar-refractivity contribution >= 4 is 28.3 Å². The highest BCUT2D eigenvalue weighted by Crippen LogP contribution is 2.39. The number of carbonyl (C=O) groups is 1. The van der Waals surface area contributed by atoms with Crippen molar-refractivity contribution in [2.75, 3.05) is 23.3 Å². The predicted octanol–water partition coefficient (Wildman–Crippen LogP) is 2.23. The molecule has 2 bridgehead atoms. The fourth-order valence-electron chi connectivity index (χ4n) is 4.73. The van der Waals surface area contributed by atoms with Crippen molar-refractivity contribution in [3.05, 3.63) is 60.7 Å². The molecule has 6 rings (SSSR count). The largest absolute Gasteiger partial charge is 0.362 e. The van der Waals surface area contributed by atoms with Crippen molar-refractivity contribution in [3.63, 3.8) is 0 Å². The summed E-state index contributed by atoms with van der Waals surface area (Å²) in [6.45, 7) is 1.80. The van der Waals surface area contributed by atoms with Crippen LogP contribution in [0.15, 0.2) is 55.1 Å². The van der Waals surface area contributed by atoms with Crippen LogP contribution in [0.3, 0.4) is 0 Å². The Morgan fingerprint density at radius 3 is 2.75 bits per heavy atom. The summed E-state index contributed by atoms with van der Waals surface area (Å²) in [5.41, 5.74) is 4.34. The molecule has 2 fully saturated rings. The van der Waals surface area contributed by atoms with Crippen LogP contribution in [0, 0.1) is 0 Å². The van der Waals surface area contributed by atoms with Crippen molar-refractivity contribution in [3.8, 4) is 11.1 Å². The summed E-state index contributed by atoms with van der Waals surface area (Å²) in [5.74, 6) is 0.253. The SMILES string of the molecule is Cn1cc(-c2ccc3nnc(NC(=O)c4ccncc4)c(N4CC5CC4CN5)c3c2)cn1. The number of nitrogens with one attached hydrogen (secondary N) is 2. The van der Waals surface area contributed by atoms with E-state index >= 15 is 0 Å². The first kappa shape index (κ1) is 18.9. The van der Waals surface area contributed by atoms with Gasteiger partial charge in [0.15, 0.2) is 5.82 Å². The second kappa shape index (κ2) is 7.38. The molecule has 2 N–H and O–H groups in total. The van der Waals surface area contributed by atoms with Gasteiger partial charge in [0.25, 0.3) is 5.91 Å². The van der Waals surface area contributed by atoms with Gasteiger partial charge in [0.1, 0.15) is 0 Å². The van der Waals surface area contributed by atoms with E-state index in [1.807, 2.05) is 31.6 Å². The number of aryl methyl sites for hydroxylation is 1. The molecule has 3 aromatic heterocycles. The molecule has 2 aliphatic heterocycles. The number of hydrogen-bond donors (Lipinski definition) is 2. The van der Waals surface area contributed by atoms with Crippen LogP contribution in [-0.4, -0.2) is 56.0 Å². The second-order valence-corrected chi connectivity index (χ2v) is 8.37. The second-order valence-electron chi connectivity index (χ2n) is 8.37. The van der Waals surface area contributed by atoms with E-state index in [0.29, 0.717) is 23.5 Å². The summed E-state index contributed by atoms with van der Waals surface area (Å²) in [4.78, 5) is 19.3. The van der Waals surface area contributed by atoms with Crippen molar-refractivity contribution < 1.29 is 4.79 Å². The van der Waals surface area contributed by atoms with E-state index in [-0.39, 0.29) is 5.91 Å². The molecule has 5 heterocycles. The number of benzene rings is 1. The van der Waals surface area contributed by atoms with E-state index in [1.54, 1.807) is 29.2 Å². The number of aromatic nitrogens is 5. The Balaban J connectivity index is 1.49. The van der Waals surface area contributed by atoms with Gasteiger partial charge in [0.2, 0.25) is 0 Å². The molecule has 9 nitrogen and oxygen atoms in total. The smallest absolute Gasteiger partial charge is 0.257 e. The van der Waals surface area contributed by atoms with Crippen LogP contribution >= 0.6 is 0 Å². The Morgan fingerprint density at radius 1 is 1.16 bits per heavy atom. The summed E-state index contributed by atoms with van der Waals surface area (Å²) in [6.07, 6.45) is 8.14. The monoisotopic (exact) mass is 426 g/mol. The first-order valence-electron chi connectivity index (χ1n) is 10.7. The topological polar surface area (TPSA) is 101 Å². The quantitative estimate of drug-likeness (QED) is 0.516. The number of carbonyl (C=O) groups excluding carboxylic acids is 1. The number of pyridine rings is 1. The van der Waals surface area contributed by atoms with Crippen molar-refractivity contribution in [1.29, 1.82) is 0 Å². The summed E-state index contributed by atoms with van der Waals surface area (Å²) >= 11 is 0. The fourth-order valence-corrected chi connectivity index (χ4v) is 4.73. The minimum Gasteiger partial charge on any atom is -0.362 e. The Hall–Kier alpha value is -3.85. The third-order valence-electron chi connectivity index (χ3n) is 6.29. The highest BCUT2D eigenvalue weighted by molar-refractivity contribution is 6.08. The van der Waals surface area contributed by atoms with Gasteiger partial charge in [-0.2, -0.15) is 5.10 Å². The van der Waals surface area contributed by atoms with Gasteiger partial charge in [-0.05, 0) is 36.2 Å². The van der Waals surface area contributed by atoms with Gasteiger partial charge >= 0.3 is 0 Å². The van der Waals surface area contributed by atoms with Crippen LogP contribution in [0.25, 0.3) is 22.0 Å². The molecule has 0 aliphatic carbocycles. The minimum absolute atomic E-state index is 0.229. The van der Waals surface area contributed by atoms with E-state index in [9.17, 15) is 4.79 Å². The van der Waals surface area contributed by atoms with Crippen LogP contribution in [0.5, 0.6) is 0 Å². The summed E-state index contributed by atoms with van der Waals surface area (Å²) in [5, 5.41) is 20.7. The normalized spacial score (nSPS) is 19.6. The Labute approximate surface area is 184 Å². The molecule has 2 unspecified atom stereocenters. The van der Waals surface area contributed by atoms with Crippen LogP contribution in [-0.2, 0) is 7.05 Å². The summed E-state index contributed by atoms with van der Waals surface area (Å²) in [6, 6.07) is 10.3. The molecule has 9 heteroatoms. The molecule has 1 amide bonds. The number of anilines is 2. The molecular weight excluding hydrogens is 404 g/mol. The van der Waals surface area contributed by atoms with Gasteiger partial charge < -0.3 is 15.5 Å². The van der Waals surface area contributed by atoms with Crippen LogP contribution in [0.4, 0.5) is 11.5 Å².